The molecular formula is C32H44ClNO4S. The molecule has 5 rings (SSSR count). The van der Waals surface area contributed by atoms with Crippen LogP contribution in [0.3, 0.4) is 0 Å². The third kappa shape index (κ3) is 5.25. The molecule has 0 saturated heterocycles. The molecule has 0 bridgehead atoms. The fourth-order valence-corrected chi connectivity index (χ4v) is 10.6. The highest BCUT2D eigenvalue weighted by Crippen LogP contribution is 2.68. The first-order valence-electron chi connectivity index (χ1n) is 14.9. The van der Waals surface area contributed by atoms with Crippen molar-refractivity contribution in [2.75, 3.05) is 0 Å². The molecule has 39 heavy (non-hydrogen) atoms. The zero-order valence-corrected chi connectivity index (χ0v) is 25.6. The second-order valence-electron chi connectivity index (χ2n) is 13.3. The van der Waals surface area contributed by atoms with Gasteiger partial charge in [-0.05, 0) is 91.2 Å². The quantitative estimate of drug-likeness (QED) is 0.339. The van der Waals surface area contributed by atoms with Crippen LogP contribution >= 0.6 is 22.9 Å². The van der Waals surface area contributed by atoms with Gasteiger partial charge >= 0.3 is 5.97 Å². The number of carbonyl (C=O) groups is 3. The number of esters is 1. The molecule has 3 fully saturated rings. The summed E-state index contributed by atoms with van der Waals surface area (Å²) in [6, 6.07) is 3.91. The largest absolute Gasteiger partial charge is 0.462 e. The summed E-state index contributed by atoms with van der Waals surface area (Å²) in [7, 11) is 0. The fourth-order valence-electron chi connectivity index (χ4n) is 9.39. The molecule has 9 atom stereocenters. The first kappa shape index (κ1) is 28.9. The summed E-state index contributed by atoms with van der Waals surface area (Å²) in [4.78, 5) is 38.9. The van der Waals surface area contributed by atoms with E-state index in [0.717, 1.165) is 47.7 Å². The predicted molar refractivity (Wildman–Crippen MR) is 155 cm³/mol. The average Bonchev–Trinajstić information content (AvgIpc) is 3.46. The van der Waals surface area contributed by atoms with E-state index in [4.69, 9.17) is 16.3 Å². The molecule has 1 aromatic heterocycles. The zero-order chi connectivity index (χ0) is 28.1. The second-order valence-corrected chi connectivity index (χ2v) is 15.0. The lowest BCUT2D eigenvalue weighted by molar-refractivity contribution is -0.166. The summed E-state index contributed by atoms with van der Waals surface area (Å²) in [5, 5.41) is 3.27. The normalized spacial score (nSPS) is 37.1. The minimum absolute atomic E-state index is 0.00153. The molecule has 0 aliphatic heterocycles. The van der Waals surface area contributed by atoms with Gasteiger partial charge in [0.1, 0.15) is 6.10 Å². The molecule has 0 radical (unpaired) electrons. The van der Waals surface area contributed by atoms with Crippen LogP contribution in [0.15, 0.2) is 23.8 Å². The summed E-state index contributed by atoms with van der Waals surface area (Å²) in [6.45, 7) is 10.7. The molecule has 1 aromatic rings. The number of fused-ring (bicyclic) bond motifs is 5. The van der Waals surface area contributed by atoms with Crippen molar-refractivity contribution < 1.29 is 19.1 Å². The van der Waals surface area contributed by atoms with Crippen LogP contribution in [-0.4, -0.2) is 23.8 Å². The first-order valence-corrected chi connectivity index (χ1v) is 16.1. The first-order chi connectivity index (χ1) is 18.5. The van der Waals surface area contributed by atoms with Crippen LogP contribution in [0, 0.1) is 40.4 Å². The molecule has 5 unspecified atom stereocenters. The topological polar surface area (TPSA) is 72.5 Å². The number of carbonyl (C=O) groups excluding carboxylic acids is 3. The maximum absolute atomic E-state index is 13.2. The van der Waals surface area contributed by atoms with Gasteiger partial charge in [0.2, 0.25) is 5.91 Å². The monoisotopic (exact) mass is 573 g/mol. The lowest BCUT2D eigenvalue weighted by Crippen LogP contribution is -2.56. The van der Waals surface area contributed by atoms with Crippen molar-refractivity contribution in [2.45, 2.75) is 105 Å². The number of nitrogens with one attached hydrogen (secondary N) is 1. The number of hydrogen-bond acceptors (Lipinski definition) is 5. The molecule has 214 valence electrons. The maximum Gasteiger partial charge on any atom is 0.302 e. The van der Waals surface area contributed by atoms with E-state index in [1.165, 1.54) is 23.8 Å². The van der Waals surface area contributed by atoms with Gasteiger partial charge in [0.25, 0.3) is 0 Å². The number of thiophene rings is 1. The van der Waals surface area contributed by atoms with E-state index in [1.54, 1.807) is 0 Å². The predicted octanol–water partition coefficient (Wildman–Crippen LogP) is 7.68. The van der Waals surface area contributed by atoms with E-state index >= 15 is 0 Å². The molecular weight excluding hydrogens is 530 g/mol. The molecule has 1 heterocycles. The lowest BCUT2D eigenvalue weighted by atomic mass is 9.45. The Morgan fingerprint density at radius 3 is 2.62 bits per heavy atom. The maximum atomic E-state index is 13.2. The van der Waals surface area contributed by atoms with Gasteiger partial charge < -0.3 is 10.1 Å². The van der Waals surface area contributed by atoms with E-state index < -0.39 is 0 Å². The standard InChI is InChI=1S/C32H44ClNO4S/c1-6-25(27-9-10-28(33)39-27)34-29(37)15-18(2)22-7-8-23-30-24(12-14-32(22,23)5)31(4)13-11-21(36)16-20(31)17-26(30)38-19(3)35/h9-10,16,18,22-26,30H,6-8,11-15,17H2,1-5H3,(H,34,37)/t18-,22?,23+,24+,25?,26-,30?,31?,32?/m1/s1. The third-order valence-electron chi connectivity index (χ3n) is 11.2. The van der Waals surface area contributed by atoms with Gasteiger partial charge in [0, 0.05) is 37.0 Å². The highest BCUT2D eigenvalue weighted by Gasteiger charge is 2.62. The highest BCUT2D eigenvalue weighted by atomic mass is 35.5. The molecule has 1 amide bonds. The number of amides is 1. The van der Waals surface area contributed by atoms with Crippen LogP contribution in [0.1, 0.15) is 103 Å². The van der Waals surface area contributed by atoms with Crippen molar-refractivity contribution in [3.63, 3.8) is 0 Å². The van der Waals surface area contributed by atoms with Gasteiger partial charge in [0.15, 0.2) is 5.78 Å². The molecule has 3 saturated carbocycles. The van der Waals surface area contributed by atoms with Gasteiger partial charge in [-0.25, -0.2) is 0 Å². The minimum Gasteiger partial charge on any atom is -0.462 e. The van der Waals surface area contributed by atoms with Crippen molar-refractivity contribution in [1.82, 2.24) is 5.32 Å². The van der Waals surface area contributed by atoms with Crippen LogP contribution in [0.4, 0.5) is 0 Å². The SMILES string of the molecule is CCC(NC(=O)C[C@@H](C)C1CC[C@H]2C3[C@H](OC(C)=O)CC4=CC(=O)CCC4(C)[C@H]3CCC12C)c1ccc(Cl)s1. The van der Waals surface area contributed by atoms with Crippen molar-refractivity contribution >= 4 is 40.6 Å². The van der Waals surface area contributed by atoms with Crippen LogP contribution < -0.4 is 5.32 Å². The summed E-state index contributed by atoms with van der Waals surface area (Å²) < 4.78 is 6.79. The zero-order valence-electron chi connectivity index (χ0n) is 24.1. The van der Waals surface area contributed by atoms with Crippen molar-refractivity contribution in [2.24, 2.45) is 40.4 Å². The Morgan fingerprint density at radius 1 is 1.18 bits per heavy atom. The van der Waals surface area contributed by atoms with E-state index in [1.807, 2.05) is 18.2 Å². The fraction of sp³-hybridized carbons (Fsp3) is 0.719. The van der Waals surface area contributed by atoms with E-state index in [2.05, 4.69) is 33.0 Å². The van der Waals surface area contributed by atoms with Crippen LogP contribution in [0.2, 0.25) is 4.34 Å². The van der Waals surface area contributed by atoms with Crippen LogP contribution in [0.25, 0.3) is 0 Å². The summed E-state index contributed by atoms with van der Waals surface area (Å²) >= 11 is 7.68. The van der Waals surface area contributed by atoms with Gasteiger partial charge in [-0.1, -0.05) is 44.9 Å². The minimum atomic E-state index is -0.227. The smallest absolute Gasteiger partial charge is 0.302 e. The molecule has 7 heteroatoms. The third-order valence-corrected chi connectivity index (χ3v) is 12.6. The van der Waals surface area contributed by atoms with Gasteiger partial charge in [0.05, 0.1) is 10.4 Å². The summed E-state index contributed by atoms with van der Waals surface area (Å²) in [5.74, 6) is 2.03. The van der Waals surface area contributed by atoms with Gasteiger partial charge in [-0.3, -0.25) is 14.4 Å². The Kier molecular flexibility index (Phi) is 8.11. The van der Waals surface area contributed by atoms with E-state index in [0.29, 0.717) is 42.9 Å². The number of rotatable bonds is 7. The van der Waals surface area contributed by atoms with Crippen molar-refractivity contribution in [3.05, 3.63) is 33.0 Å². The Bertz CT molecular complexity index is 1160. The van der Waals surface area contributed by atoms with Crippen molar-refractivity contribution in [3.8, 4) is 0 Å². The molecule has 4 aliphatic carbocycles. The van der Waals surface area contributed by atoms with E-state index in [-0.39, 0.29) is 46.6 Å². The van der Waals surface area contributed by atoms with Crippen LogP contribution in [-0.2, 0) is 19.1 Å². The van der Waals surface area contributed by atoms with Gasteiger partial charge in [-0.15, -0.1) is 11.3 Å². The Hall–Kier alpha value is -1.66. The van der Waals surface area contributed by atoms with Crippen molar-refractivity contribution in [1.29, 1.82) is 0 Å². The molecule has 5 nitrogen and oxygen atoms in total. The van der Waals surface area contributed by atoms with E-state index in [9.17, 15) is 14.4 Å². The molecule has 0 aromatic carbocycles. The number of halogens is 1. The summed E-state index contributed by atoms with van der Waals surface area (Å²) in [5.41, 5.74) is 1.33. The average molecular weight is 574 g/mol. The highest BCUT2D eigenvalue weighted by molar-refractivity contribution is 7.16. The van der Waals surface area contributed by atoms with Gasteiger partial charge in [-0.2, -0.15) is 0 Å². The molecule has 1 N–H and O–H groups in total. The lowest BCUT2D eigenvalue weighted by Gasteiger charge is -2.60. The number of hydrogen-bond donors (Lipinski definition) is 1. The Labute approximate surface area is 242 Å². The Morgan fingerprint density at radius 2 is 1.95 bits per heavy atom. The second kappa shape index (κ2) is 11.0. The Balaban J connectivity index is 1.33. The number of ether oxygens (including phenoxy) is 1. The molecule has 0 spiro atoms. The summed E-state index contributed by atoms with van der Waals surface area (Å²) in [6.07, 6.45) is 9.72. The van der Waals surface area contributed by atoms with Crippen LogP contribution in [0.5, 0.6) is 0 Å². The number of ketones is 1. The molecule has 4 aliphatic rings.